The van der Waals surface area contributed by atoms with E-state index in [1.54, 1.807) is 17.0 Å². The SMILES string of the molecule is CC[C@@H](Nc1c(Nc2ccc(Cl)c3c2C(=O)N(c2cc(C)ccc2C)C3)c(=O)c1=O)C1=CC=C(C)C1. The quantitative estimate of drug-likeness (QED) is 0.393. The Bertz CT molecular complexity index is 1540. The number of anilines is 4. The van der Waals surface area contributed by atoms with Gasteiger partial charge in [0.25, 0.3) is 16.8 Å². The summed E-state index contributed by atoms with van der Waals surface area (Å²) in [4.78, 5) is 40.4. The molecule has 1 amide bonds. The van der Waals surface area contributed by atoms with Crippen molar-refractivity contribution in [3.05, 3.63) is 101 Å². The highest BCUT2D eigenvalue weighted by molar-refractivity contribution is 6.33. The maximum absolute atomic E-state index is 13.6. The van der Waals surface area contributed by atoms with E-state index in [0.29, 0.717) is 28.4 Å². The van der Waals surface area contributed by atoms with Gasteiger partial charge in [0.2, 0.25) is 0 Å². The lowest BCUT2D eigenvalue weighted by Crippen LogP contribution is -2.39. The summed E-state index contributed by atoms with van der Waals surface area (Å²) in [5, 5.41) is 6.87. The van der Waals surface area contributed by atoms with E-state index in [1.807, 2.05) is 39.0 Å². The molecule has 3 aromatic carbocycles. The molecule has 1 aliphatic carbocycles. The Morgan fingerprint density at radius 2 is 1.75 bits per heavy atom. The van der Waals surface area contributed by atoms with Crippen molar-refractivity contribution in [2.24, 2.45) is 0 Å². The average molecular weight is 502 g/mol. The van der Waals surface area contributed by atoms with Crippen LogP contribution >= 0.6 is 11.6 Å². The molecule has 2 aliphatic rings. The summed E-state index contributed by atoms with van der Waals surface area (Å²) in [6.45, 7) is 8.40. The van der Waals surface area contributed by atoms with Gasteiger partial charge in [0.15, 0.2) is 0 Å². The Kier molecular flexibility index (Phi) is 6.08. The molecule has 1 aliphatic heterocycles. The molecular weight excluding hydrogens is 474 g/mol. The first-order valence-corrected chi connectivity index (χ1v) is 12.5. The van der Waals surface area contributed by atoms with Crippen LogP contribution in [-0.4, -0.2) is 11.9 Å². The van der Waals surface area contributed by atoms with E-state index in [2.05, 4.69) is 29.7 Å². The van der Waals surface area contributed by atoms with Crippen LogP contribution in [0.2, 0.25) is 5.02 Å². The van der Waals surface area contributed by atoms with Crippen LogP contribution in [0.4, 0.5) is 22.7 Å². The number of nitrogens with zero attached hydrogens (tertiary/aromatic N) is 1. The van der Waals surface area contributed by atoms with Gasteiger partial charge in [-0.25, -0.2) is 0 Å². The number of rotatable bonds is 7. The number of allylic oxidation sites excluding steroid dienone is 3. The largest absolute Gasteiger partial charge is 0.373 e. The highest BCUT2D eigenvalue weighted by Gasteiger charge is 2.35. The first kappa shape index (κ1) is 24.1. The molecule has 184 valence electrons. The van der Waals surface area contributed by atoms with Crippen LogP contribution in [-0.2, 0) is 6.54 Å². The first-order chi connectivity index (χ1) is 17.2. The van der Waals surface area contributed by atoms with Crippen molar-refractivity contribution in [2.45, 2.75) is 53.1 Å². The number of carbonyl (C=O) groups is 1. The van der Waals surface area contributed by atoms with E-state index in [1.165, 1.54) is 11.1 Å². The van der Waals surface area contributed by atoms with Crippen LogP contribution in [0.1, 0.15) is 53.7 Å². The Labute approximate surface area is 215 Å². The van der Waals surface area contributed by atoms with Gasteiger partial charge in [0.05, 0.1) is 17.8 Å². The number of hydrogen-bond donors (Lipinski definition) is 2. The minimum atomic E-state index is -0.595. The van der Waals surface area contributed by atoms with Gasteiger partial charge in [-0.3, -0.25) is 14.4 Å². The van der Waals surface area contributed by atoms with Gasteiger partial charge in [-0.1, -0.05) is 48.4 Å². The first-order valence-electron chi connectivity index (χ1n) is 12.1. The standard InChI is InChI=1S/C29H28ClN3O3/c1-5-21(18-9-7-15(2)12-18)31-25-26(28(35)27(25)34)32-22-11-10-20(30)19-14-33(29(36)24(19)22)23-13-16(3)6-8-17(23)4/h6-11,13,21,31-32H,5,12,14H2,1-4H3/t21-/m1/s1. The lowest BCUT2D eigenvalue weighted by molar-refractivity contribution is 0.0997. The number of fused-ring (bicyclic) bond motifs is 1. The van der Waals surface area contributed by atoms with Crippen LogP contribution in [0.5, 0.6) is 0 Å². The van der Waals surface area contributed by atoms with Crippen LogP contribution in [0, 0.1) is 13.8 Å². The summed E-state index contributed by atoms with van der Waals surface area (Å²) in [7, 11) is 0. The normalized spacial score (nSPS) is 15.7. The lowest BCUT2D eigenvalue weighted by atomic mass is 10.0. The van der Waals surface area contributed by atoms with Crippen molar-refractivity contribution >= 4 is 40.3 Å². The monoisotopic (exact) mass is 501 g/mol. The van der Waals surface area contributed by atoms with Crippen LogP contribution in [0.3, 0.4) is 0 Å². The second-order valence-electron chi connectivity index (χ2n) is 9.70. The molecule has 2 N–H and O–H groups in total. The molecule has 0 saturated heterocycles. The number of nitrogens with one attached hydrogen (secondary N) is 2. The van der Waals surface area contributed by atoms with E-state index in [4.69, 9.17) is 11.6 Å². The summed E-state index contributed by atoms with van der Waals surface area (Å²) in [5.41, 5.74) is 6.20. The summed E-state index contributed by atoms with van der Waals surface area (Å²) >= 11 is 6.50. The molecule has 0 spiro atoms. The van der Waals surface area contributed by atoms with Crippen molar-refractivity contribution in [1.29, 1.82) is 0 Å². The molecule has 0 saturated carbocycles. The molecule has 0 aromatic heterocycles. The molecule has 0 unspecified atom stereocenters. The summed E-state index contributed by atoms with van der Waals surface area (Å²) in [5.74, 6) is -0.194. The fraction of sp³-hybridized carbons (Fsp3) is 0.276. The Balaban J connectivity index is 1.47. The van der Waals surface area contributed by atoms with Gasteiger partial charge in [0.1, 0.15) is 11.4 Å². The maximum Gasteiger partial charge on any atom is 0.261 e. The van der Waals surface area contributed by atoms with Crippen LogP contribution < -0.4 is 26.4 Å². The van der Waals surface area contributed by atoms with E-state index >= 15 is 0 Å². The van der Waals surface area contributed by atoms with Crippen molar-refractivity contribution < 1.29 is 4.79 Å². The molecule has 0 bridgehead atoms. The van der Waals surface area contributed by atoms with Crippen LogP contribution in [0.25, 0.3) is 0 Å². The highest BCUT2D eigenvalue weighted by Crippen LogP contribution is 2.39. The molecule has 1 heterocycles. The minimum absolute atomic E-state index is 0.0556. The van der Waals surface area contributed by atoms with Gasteiger partial charge in [-0.15, -0.1) is 0 Å². The second kappa shape index (κ2) is 9.10. The zero-order valence-electron chi connectivity index (χ0n) is 20.8. The number of halogens is 1. The summed E-state index contributed by atoms with van der Waals surface area (Å²) in [6, 6.07) is 9.33. The fourth-order valence-corrected chi connectivity index (χ4v) is 5.26. The molecule has 7 heteroatoms. The average Bonchev–Trinajstić information content (AvgIpc) is 3.45. The maximum atomic E-state index is 13.6. The van der Waals surface area contributed by atoms with E-state index in [0.717, 1.165) is 29.7 Å². The van der Waals surface area contributed by atoms with Gasteiger partial charge in [0, 0.05) is 22.3 Å². The number of carbonyl (C=O) groups excluding carboxylic acids is 1. The predicted molar refractivity (Wildman–Crippen MR) is 147 cm³/mol. The van der Waals surface area contributed by atoms with Crippen molar-refractivity contribution in [3.8, 4) is 0 Å². The topological polar surface area (TPSA) is 78.5 Å². The van der Waals surface area contributed by atoms with Crippen molar-refractivity contribution in [1.82, 2.24) is 0 Å². The number of amides is 1. The number of aryl methyl sites for hydroxylation is 2. The van der Waals surface area contributed by atoms with Gasteiger partial charge in [-0.05, 0) is 68.5 Å². The molecule has 36 heavy (non-hydrogen) atoms. The van der Waals surface area contributed by atoms with Crippen molar-refractivity contribution in [2.75, 3.05) is 15.5 Å². The van der Waals surface area contributed by atoms with Crippen molar-refractivity contribution in [3.63, 3.8) is 0 Å². The molecule has 1 atom stereocenters. The fourth-order valence-electron chi connectivity index (χ4n) is 5.04. The van der Waals surface area contributed by atoms with E-state index < -0.39 is 10.9 Å². The van der Waals surface area contributed by atoms with Gasteiger partial charge >= 0.3 is 0 Å². The van der Waals surface area contributed by atoms with Gasteiger partial charge < -0.3 is 15.5 Å². The molecule has 0 fully saturated rings. The zero-order valence-corrected chi connectivity index (χ0v) is 21.5. The third-order valence-electron chi connectivity index (χ3n) is 7.10. The highest BCUT2D eigenvalue weighted by atomic mass is 35.5. The molecule has 6 nitrogen and oxygen atoms in total. The summed E-state index contributed by atoms with van der Waals surface area (Å²) < 4.78 is 0. The van der Waals surface area contributed by atoms with E-state index in [-0.39, 0.29) is 23.3 Å². The Morgan fingerprint density at radius 3 is 2.44 bits per heavy atom. The Morgan fingerprint density at radius 1 is 1.00 bits per heavy atom. The number of hydrogen-bond acceptors (Lipinski definition) is 5. The lowest BCUT2D eigenvalue weighted by Gasteiger charge is -2.23. The predicted octanol–water partition coefficient (Wildman–Crippen LogP) is 5.92. The summed E-state index contributed by atoms with van der Waals surface area (Å²) in [6.07, 6.45) is 5.76. The minimum Gasteiger partial charge on any atom is -0.373 e. The number of benzene rings is 2. The second-order valence-corrected chi connectivity index (χ2v) is 10.1. The van der Waals surface area contributed by atoms with E-state index in [9.17, 15) is 14.4 Å². The van der Waals surface area contributed by atoms with Crippen LogP contribution in [0.15, 0.2) is 63.2 Å². The third-order valence-corrected chi connectivity index (χ3v) is 7.45. The molecule has 0 radical (unpaired) electrons. The van der Waals surface area contributed by atoms with Gasteiger partial charge in [-0.2, -0.15) is 0 Å². The zero-order chi connectivity index (χ0) is 25.7. The molecule has 5 rings (SSSR count). The molecule has 3 aromatic rings. The third kappa shape index (κ3) is 3.95. The smallest absolute Gasteiger partial charge is 0.261 e. The molecular formula is C29H28ClN3O3. The Hall–Kier alpha value is -3.64.